The van der Waals surface area contributed by atoms with Crippen LogP contribution in [0.15, 0.2) is 11.3 Å². The molecule has 1 radical (unpaired) electrons. The standard InChI is InChI=1S/C22H30NO9/c1-11(19-16(27)7-22(5,6)8-17(19)28)23-15-9-30-18(10-29-12(2)24)21(32-14(4)26)20(15)31-13(3)25/h9,15,18,20-21,23H,7-8,10H2,1-6H3/t15-,18-,20-,21-/m1/s1. The number of carbonyl (C=O) groups is 5. The largest absolute Gasteiger partial charge is 0.463 e. The molecule has 1 saturated heterocycles. The second-order valence-corrected chi connectivity index (χ2v) is 8.80. The maximum atomic E-state index is 12.6. The number of ketones is 2. The maximum absolute atomic E-state index is 12.6. The van der Waals surface area contributed by atoms with Crippen LogP contribution in [0.3, 0.4) is 0 Å². The number of carbonyl (C=O) groups excluding carboxylic acids is 5. The van der Waals surface area contributed by atoms with Gasteiger partial charge in [0.25, 0.3) is 0 Å². The van der Waals surface area contributed by atoms with Crippen molar-refractivity contribution >= 4 is 29.5 Å². The average molecular weight is 452 g/mol. The highest BCUT2D eigenvalue weighted by Crippen LogP contribution is 2.35. The molecule has 0 aromatic heterocycles. The van der Waals surface area contributed by atoms with Crippen molar-refractivity contribution in [2.75, 3.05) is 6.61 Å². The Labute approximate surface area is 187 Å². The van der Waals surface area contributed by atoms with Crippen LogP contribution in [0, 0.1) is 12.0 Å². The quantitative estimate of drug-likeness (QED) is 0.271. The van der Waals surface area contributed by atoms with Gasteiger partial charge >= 0.3 is 17.9 Å². The number of Topliss-reactive ketones (excluding diaryl/α,β-unsaturated/α-hetero) is 2. The first-order chi connectivity index (χ1) is 14.8. The van der Waals surface area contributed by atoms with Crippen LogP contribution in [0.25, 0.3) is 0 Å². The zero-order valence-electron chi connectivity index (χ0n) is 19.2. The summed E-state index contributed by atoms with van der Waals surface area (Å²) in [5.41, 5.74) is -0.0503. The van der Waals surface area contributed by atoms with Crippen molar-refractivity contribution in [2.24, 2.45) is 5.41 Å². The molecule has 0 unspecified atom stereocenters. The fourth-order valence-electron chi connectivity index (χ4n) is 3.88. The van der Waals surface area contributed by atoms with Crippen LogP contribution >= 0.6 is 0 Å². The molecule has 2 fully saturated rings. The third-order valence-corrected chi connectivity index (χ3v) is 5.09. The minimum Gasteiger partial charge on any atom is -0.463 e. The van der Waals surface area contributed by atoms with E-state index in [9.17, 15) is 24.0 Å². The Balaban J connectivity index is 2.31. The second kappa shape index (κ2) is 10.2. The fourth-order valence-corrected chi connectivity index (χ4v) is 3.88. The van der Waals surface area contributed by atoms with Gasteiger partial charge in [0.15, 0.2) is 23.8 Å². The van der Waals surface area contributed by atoms with E-state index in [2.05, 4.69) is 5.32 Å². The Hall–Kier alpha value is -2.75. The molecule has 32 heavy (non-hydrogen) atoms. The monoisotopic (exact) mass is 452 g/mol. The first-order valence-corrected chi connectivity index (χ1v) is 10.3. The van der Waals surface area contributed by atoms with Crippen molar-refractivity contribution in [3.05, 3.63) is 17.9 Å². The number of hydrogen-bond acceptors (Lipinski definition) is 10. The Morgan fingerprint density at radius 1 is 0.969 bits per heavy atom. The van der Waals surface area contributed by atoms with Gasteiger partial charge in [0.1, 0.15) is 19.3 Å². The third-order valence-electron chi connectivity index (χ3n) is 5.09. The summed E-state index contributed by atoms with van der Waals surface area (Å²) in [6.07, 6.45) is -2.63. The number of esters is 3. The molecule has 4 atom stereocenters. The van der Waals surface area contributed by atoms with Crippen molar-refractivity contribution in [1.82, 2.24) is 5.32 Å². The number of hydrogen-bond donors (Lipinski definition) is 1. The lowest BCUT2D eigenvalue weighted by Gasteiger charge is -2.41. The molecule has 1 saturated carbocycles. The summed E-state index contributed by atoms with van der Waals surface area (Å²) in [7, 11) is 0. The van der Waals surface area contributed by atoms with Crippen molar-refractivity contribution < 1.29 is 42.9 Å². The van der Waals surface area contributed by atoms with E-state index in [1.807, 2.05) is 13.8 Å². The predicted molar refractivity (Wildman–Crippen MR) is 110 cm³/mol. The van der Waals surface area contributed by atoms with Crippen LogP contribution in [0.4, 0.5) is 0 Å². The molecular formula is C22H30NO9. The van der Waals surface area contributed by atoms with Gasteiger partial charge in [-0.1, -0.05) is 13.8 Å². The van der Waals surface area contributed by atoms with Crippen LogP contribution in [0.2, 0.25) is 0 Å². The summed E-state index contributed by atoms with van der Waals surface area (Å²) in [6.45, 7) is 9.96. The number of rotatable bonds is 6. The molecule has 2 aliphatic rings. The van der Waals surface area contributed by atoms with Gasteiger partial charge < -0.3 is 24.3 Å². The molecule has 10 heteroatoms. The summed E-state index contributed by atoms with van der Waals surface area (Å²) in [4.78, 5) is 59.9. The zero-order chi connectivity index (χ0) is 24.2. The van der Waals surface area contributed by atoms with Crippen molar-refractivity contribution in [3.63, 3.8) is 0 Å². The first-order valence-electron chi connectivity index (χ1n) is 10.3. The third kappa shape index (κ3) is 6.62. The van der Waals surface area contributed by atoms with E-state index in [0.29, 0.717) is 5.70 Å². The maximum Gasteiger partial charge on any atom is 0.303 e. The van der Waals surface area contributed by atoms with Gasteiger partial charge in [-0.2, -0.15) is 0 Å². The first kappa shape index (κ1) is 25.5. The normalized spacial score (nSPS) is 27.4. The van der Waals surface area contributed by atoms with E-state index in [-0.39, 0.29) is 36.6 Å². The van der Waals surface area contributed by atoms with Crippen molar-refractivity contribution in [3.8, 4) is 0 Å². The van der Waals surface area contributed by atoms with E-state index in [1.54, 1.807) is 6.92 Å². The molecule has 2 rings (SSSR count). The summed E-state index contributed by atoms with van der Waals surface area (Å²) < 4.78 is 21.3. The molecule has 0 bridgehead atoms. The second-order valence-electron chi connectivity index (χ2n) is 8.80. The average Bonchev–Trinajstić information content (AvgIpc) is 2.60. The molecule has 10 nitrogen and oxygen atoms in total. The number of nitrogens with one attached hydrogen (secondary N) is 1. The van der Waals surface area contributed by atoms with E-state index in [1.165, 1.54) is 27.4 Å². The lowest BCUT2D eigenvalue weighted by molar-refractivity contribution is -0.197. The fraction of sp³-hybridized carbons (Fsp3) is 0.636. The Morgan fingerprint density at radius 3 is 2.00 bits per heavy atom. The summed E-state index contributed by atoms with van der Waals surface area (Å²) in [6, 6.07) is -0.847. The summed E-state index contributed by atoms with van der Waals surface area (Å²) in [5.74, 6) is -2.41. The topological polar surface area (TPSA) is 134 Å². The lowest BCUT2D eigenvalue weighted by atomic mass is 9.73. The minimum atomic E-state index is -1.10. The lowest BCUT2D eigenvalue weighted by Crippen LogP contribution is -2.59. The van der Waals surface area contributed by atoms with Crippen LogP contribution in [0.5, 0.6) is 0 Å². The zero-order valence-corrected chi connectivity index (χ0v) is 19.2. The van der Waals surface area contributed by atoms with Crippen molar-refractivity contribution in [2.45, 2.75) is 78.7 Å². The van der Waals surface area contributed by atoms with Gasteiger partial charge in [0, 0.05) is 39.3 Å². The predicted octanol–water partition coefficient (Wildman–Crippen LogP) is 1.16. The van der Waals surface area contributed by atoms with E-state index < -0.39 is 47.7 Å². The molecule has 0 spiro atoms. The van der Waals surface area contributed by atoms with Gasteiger partial charge in [-0.3, -0.25) is 24.0 Å². The summed E-state index contributed by atoms with van der Waals surface area (Å²) >= 11 is 0. The number of ether oxygens (including phenoxy) is 4. The van der Waals surface area contributed by atoms with Gasteiger partial charge in [-0.05, 0) is 12.3 Å². The molecular weight excluding hydrogens is 422 g/mol. The highest BCUT2D eigenvalue weighted by Gasteiger charge is 2.46. The Morgan fingerprint density at radius 2 is 1.50 bits per heavy atom. The highest BCUT2D eigenvalue weighted by atomic mass is 16.6. The smallest absolute Gasteiger partial charge is 0.303 e. The number of allylic oxidation sites excluding steroid dienone is 2. The molecule has 0 aromatic carbocycles. The van der Waals surface area contributed by atoms with Crippen LogP contribution < -0.4 is 5.32 Å². The Kier molecular flexibility index (Phi) is 8.17. The molecule has 1 N–H and O–H groups in total. The van der Waals surface area contributed by atoms with E-state index in [4.69, 9.17) is 18.9 Å². The van der Waals surface area contributed by atoms with Gasteiger partial charge in [0.2, 0.25) is 0 Å². The van der Waals surface area contributed by atoms with Crippen molar-refractivity contribution in [1.29, 1.82) is 0 Å². The van der Waals surface area contributed by atoms with Crippen LogP contribution in [0.1, 0.15) is 54.4 Å². The summed E-state index contributed by atoms with van der Waals surface area (Å²) in [5, 5.41) is 3.00. The molecule has 177 valence electrons. The molecule has 0 aromatic rings. The highest BCUT2D eigenvalue weighted by molar-refractivity contribution is 6.22. The van der Waals surface area contributed by atoms with Gasteiger partial charge in [-0.25, -0.2) is 0 Å². The van der Waals surface area contributed by atoms with E-state index in [0.717, 1.165) is 0 Å². The van der Waals surface area contributed by atoms with Crippen LogP contribution in [-0.4, -0.2) is 60.4 Å². The SMILES string of the molecule is CC(=O)OC[C@H]1O[CH][C@@H](NC(C)=C2C(=O)CC(C)(C)CC2=O)[C@@H](OC(C)=O)[C@@H]1OC(C)=O. The van der Waals surface area contributed by atoms with Crippen LogP contribution in [-0.2, 0) is 42.9 Å². The van der Waals surface area contributed by atoms with Gasteiger partial charge in [0.05, 0.1) is 11.6 Å². The molecule has 1 aliphatic heterocycles. The van der Waals surface area contributed by atoms with E-state index >= 15 is 0 Å². The minimum absolute atomic E-state index is 0.0605. The Bertz CT molecular complexity index is 807. The molecule has 0 amide bonds. The molecule has 1 heterocycles. The molecule has 1 aliphatic carbocycles. The van der Waals surface area contributed by atoms with Gasteiger partial charge in [-0.15, -0.1) is 0 Å².